The number of ether oxygens (including phenoxy) is 3. The average Bonchev–Trinajstić information content (AvgIpc) is 2.05. The fourth-order valence-corrected chi connectivity index (χ4v) is 0.791. The fraction of sp³-hybridized carbons (Fsp3) is 0.875. The Morgan fingerprint density at radius 3 is 2.31 bits per heavy atom. The second kappa shape index (κ2) is 5.90. The molecule has 77 valence electrons. The number of carbonyl (C=O) groups is 1. The van der Waals surface area contributed by atoms with Crippen molar-refractivity contribution in [3.05, 3.63) is 0 Å². The minimum Gasteiger partial charge on any atom is -0.466 e. The summed E-state index contributed by atoms with van der Waals surface area (Å²) in [6.45, 7) is 3.75. The van der Waals surface area contributed by atoms with Gasteiger partial charge in [0.2, 0.25) is 0 Å². The van der Waals surface area contributed by atoms with Crippen molar-refractivity contribution in [1.82, 2.24) is 0 Å². The minimum absolute atomic E-state index is 0.191. The third kappa shape index (κ3) is 4.82. The summed E-state index contributed by atoms with van der Waals surface area (Å²) in [4.78, 5) is 10.9. The summed E-state index contributed by atoms with van der Waals surface area (Å²) in [5, 5.41) is 11.4. The summed E-state index contributed by atoms with van der Waals surface area (Å²) < 4.78 is 13.8. The van der Waals surface area contributed by atoms with Crippen molar-refractivity contribution >= 4 is 5.97 Å². The molecule has 0 fully saturated rings. The number of esters is 1. The maximum atomic E-state index is 11.4. The van der Waals surface area contributed by atoms with Crippen molar-refractivity contribution in [2.24, 2.45) is 0 Å². The van der Waals surface area contributed by atoms with E-state index >= 15 is 0 Å². The van der Waals surface area contributed by atoms with E-state index in [1.165, 1.54) is 7.11 Å². The molecule has 0 N–H and O–H groups in total. The molecule has 1 radical (unpaired) electrons. The molecule has 0 aromatic carbocycles. The molecule has 0 aliphatic rings. The van der Waals surface area contributed by atoms with Crippen LogP contribution < -0.4 is 0 Å². The van der Waals surface area contributed by atoms with Crippen LogP contribution in [0.3, 0.4) is 0 Å². The van der Waals surface area contributed by atoms with E-state index < -0.39 is 18.4 Å². The second-order valence-corrected chi connectivity index (χ2v) is 2.30. The third-order valence-corrected chi connectivity index (χ3v) is 1.34. The van der Waals surface area contributed by atoms with E-state index in [4.69, 9.17) is 4.74 Å². The molecule has 0 saturated carbocycles. The van der Waals surface area contributed by atoms with E-state index in [9.17, 15) is 9.90 Å². The van der Waals surface area contributed by atoms with Crippen molar-refractivity contribution in [1.29, 1.82) is 0 Å². The quantitative estimate of drug-likeness (QED) is 0.458. The maximum absolute atomic E-state index is 11.4. The zero-order valence-electron chi connectivity index (χ0n) is 8.16. The van der Waals surface area contributed by atoms with E-state index in [0.717, 1.165) is 0 Å². The number of carbonyl (C=O) groups excluding carboxylic acids is 1. The lowest BCUT2D eigenvalue weighted by molar-refractivity contribution is -0.376. The molecule has 0 amide bonds. The highest BCUT2D eigenvalue weighted by Crippen LogP contribution is 2.14. The van der Waals surface area contributed by atoms with Crippen LogP contribution in [0.4, 0.5) is 0 Å². The Balaban J connectivity index is 4.02. The zero-order chi connectivity index (χ0) is 10.3. The molecule has 0 rings (SSSR count). The largest absolute Gasteiger partial charge is 0.466 e. The fourth-order valence-electron chi connectivity index (χ4n) is 0.791. The highest BCUT2D eigenvalue weighted by molar-refractivity contribution is 5.70. The smallest absolute Gasteiger partial charge is 0.322 e. The number of methoxy groups -OCH3 is 1. The van der Waals surface area contributed by atoms with Crippen LogP contribution in [0.25, 0.3) is 0 Å². The second-order valence-electron chi connectivity index (χ2n) is 2.30. The van der Waals surface area contributed by atoms with Crippen LogP contribution in [0.5, 0.6) is 0 Å². The van der Waals surface area contributed by atoms with Crippen molar-refractivity contribution in [3.8, 4) is 0 Å². The number of rotatable bonds is 6. The Labute approximate surface area is 77.6 Å². The van der Waals surface area contributed by atoms with Gasteiger partial charge in [-0.15, -0.1) is 0 Å². The molecule has 0 spiro atoms. The van der Waals surface area contributed by atoms with Gasteiger partial charge in [0.05, 0.1) is 6.61 Å². The van der Waals surface area contributed by atoms with Crippen molar-refractivity contribution < 1.29 is 24.1 Å². The summed E-state index contributed by atoms with van der Waals surface area (Å²) in [6, 6.07) is 0. The third-order valence-electron chi connectivity index (χ3n) is 1.34. The van der Waals surface area contributed by atoms with Gasteiger partial charge in [0, 0.05) is 13.7 Å². The molecule has 0 aliphatic heterocycles. The van der Waals surface area contributed by atoms with Crippen LogP contribution in [0.15, 0.2) is 0 Å². The maximum Gasteiger partial charge on any atom is 0.322 e. The first-order valence-corrected chi connectivity index (χ1v) is 4.13. The lowest BCUT2D eigenvalue weighted by Gasteiger charge is -2.21. The minimum atomic E-state index is -2.11. The highest BCUT2D eigenvalue weighted by Gasteiger charge is 2.33. The van der Waals surface area contributed by atoms with Gasteiger partial charge in [-0.3, -0.25) is 4.79 Å². The number of hydrogen-bond donors (Lipinski definition) is 0. The van der Waals surface area contributed by atoms with Gasteiger partial charge >= 0.3 is 11.9 Å². The predicted octanol–water partition coefficient (Wildman–Crippen LogP) is 0.707. The van der Waals surface area contributed by atoms with Crippen molar-refractivity contribution in [3.63, 3.8) is 0 Å². The number of hydrogen-bond acceptors (Lipinski definition) is 4. The Kier molecular flexibility index (Phi) is 5.61. The van der Waals surface area contributed by atoms with Gasteiger partial charge in [-0.2, -0.15) is 5.11 Å². The Morgan fingerprint density at radius 1 is 1.31 bits per heavy atom. The standard InChI is InChI=1S/C8H15O5/c1-4-12-7(9)6-8(10,11-3)13-5-2/h4-6H2,1-3H3. The monoisotopic (exact) mass is 191 g/mol. The molecule has 1 unspecified atom stereocenters. The summed E-state index contributed by atoms with van der Waals surface area (Å²) in [6.07, 6.45) is -0.439. The molecule has 5 nitrogen and oxygen atoms in total. The van der Waals surface area contributed by atoms with Crippen LogP contribution in [-0.4, -0.2) is 32.3 Å². The Morgan fingerprint density at radius 2 is 1.92 bits per heavy atom. The van der Waals surface area contributed by atoms with Crippen LogP contribution >= 0.6 is 0 Å². The van der Waals surface area contributed by atoms with Crippen LogP contribution in [0, 0.1) is 0 Å². The van der Waals surface area contributed by atoms with Crippen LogP contribution in [0.1, 0.15) is 20.3 Å². The first-order valence-electron chi connectivity index (χ1n) is 4.13. The summed E-state index contributed by atoms with van der Waals surface area (Å²) in [5.74, 6) is -2.73. The summed E-state index contributed by atoms with van der Waals surface area (Å²) >= 11 is 0. The molecule has 0 aliphatic carbocycles. The molecular weight excluding hydrogens is 176 g/mol. The molecule has 5 heteroatoms. The first kappa shape index (κ1) is 12.3. The van der Waals surface area contributed by atoms with Gasteiger partial charge in [0.15, 0.2) is 0 Å². The van der Waals surface area contributed by atoms with E-state index in [-0.39, 0.29) is 13.2 Å². The van der Waals surface area contributed by atoms with Crippen LogP contribution in [-0.2, 0) is 24.1 Å². The predicted molar refractivity (Wildman–Crippen MR) is 43.3 cm³/mol. The molecule has 0 aromatic heterocycles. The van der Waals surface area contributed by atoms with E-state index in [0.29, 0.717) is 0 Å². The normalized spacial score (nSPS) is 15.1. The van der Waals surface area contributed by atoms with Gasteiger partial charge in [0.25, 0.3) is 0 Å². The van der Waals surface area contributed by atoms with Crippen molar-refractivity contribution in [2.75, 3.05) is 20.3 Å². The molecule has 1 atom stereocenters. The SMILES string of the molecule is CCOC(=O)CC([O])(OC)OCC. The summed E-state index contributed by atoms with van der Waals surface area (Å²) in [7, 11) is 1.20. The van der Waals surface area contributed by atoms with Gasteiger partial charge in [0.1, 0.15) is 6.42 Å². The zero-order valence-corrected chi connectivity index (χ0v) is 8.16. The van der Waals surface area contributed by atoms with E-state index in [1.807, 2.05) is 0 Å². The van der Waals surface area contributed by atoms with E-state index in [2.05, 4.69) is 9.47 Å². The lowest BCUT2D eigenvalue weighted by Crippen LogP contribution is -2.36. The topological polar surface area (TPSA) is 64.7 Å². The van der Waals surface area contributed by atoms with Crippen LogP contribution in [0.2, 0.25) is 0 Å². The molecule has 13 heavy (non-hydrogen) atoms. The molecule has 0 aromatic rings. The Bertz CT molecular complexity index is 159. The molecule has 0 saturated heterocycles. The molecule has 0 heterocycles. The van der Waals surface area contributed by atoms with Gasteiger partial charge < -0.3 is 14.2 Å². The molecular formula is C8H15O5. The first-order chi connectivity index (χ1) is 6.08. The van der Waals surface area contributed by atoms with Gasteiger partial charge in [-0.1, -0.05) is 0 Å². The molecule has 0 bridgehead atoms. The summed E-state index contributed by atoms with van der Waals surface area (Å²) in [5.41, 5.74) is 0. The van der Waals surface area contributed by atoms with E-state index in [1.54, 1.807) is 13.8 Å². The van der Waals surface area contributed by atoms with Gasteiger partial charge in [-0.25, -0.2) is 0 Å². The highest BCUT2D eigenvalue weighted by atomic mass is 16.8. The van der Waals surface area contributed by atoms with Crippen molar-refractivity contribution in [2.45, 2.75) is 26.2 Å². The lowest BCUT2D eigenvalue weighted by atomic mass is 10.3. The Hall–Kier alpha value is -0.650. The average molecular weight is 191 g/mol. The van der Waals surface area contributed by atoms with Gasteiger partial charge in [-0.05, 0) is 13.8 Å².